The smallest absolute Gasteiger partial charge is 0.387 e. The molecule has 2 heterocycles. The molecule has 0 amide bonds. The number of anilines is 1. The first-order valence-electron chi connectivity index (χ1n) is 7.25. The van der Waals surface area contributed by atoms with Crippen molar-refractivity contribution in [1.82, 2.24) is 9.55 Å². The molecule has 166 valence electrons. The van der Waals surface area contributed by atoms with Crippen molar-refractivity contribution in [2.45, 2.75) is 24.5 Å². The van der Waals surface area contributed by atoms with Gasteiger partial charge in [0, 0.05) is 6.20 Å². The second-order valence-corrected chi connectivity index (χ2v) is 9.90. The molecule has 0 aromatic carbocycles. The quantitative estimate of drug-likeness (QED) is 0.114. The van der Waals surface area contributed by atoms with Crippen molar-refractivity contribution in [3.05, 3.63) is 22.7 Å². The predicted octanol–water partition coefficient (Wildman–Crippen LogP) is -2.21. The van der Waals surface area contributed by atoms with Crippen LogP contribution >= 0.6 is 23.5 Å². The van der Waals surface area contributed by atoms with Crippen molar-refractivity contribution in [2.24, 2.45) is 0 Å². The Morgan fingerprint density at radius 2 is 1.72 bits per heavy atom. The van der Waals surface area contributed by atoms with Crippen LogP contribution in [0.4, 0.5) is 5.82 Å². The van der Waals surface area contributed by atoms with Crippen molar-refractivity contribution in [3.8, 4) is 0 Å². The maximum atomic E-state index is 11.8. The van der Waals surface area contributed by atoms with E-state index in [4.69, 9.17) is 25.2 Å². The molecule has 2 unspecified atom stereocenters. The van der Waals surface area contributed by atoms with Crippen LogP contribution in [-0.2, 0) is 31.6 Å². The molecule has 1 saturated heterocycles. The molecule has 2 rings (SSSR count). The van der Waals surface area contributed by atoms with Crippen LogP contribution in [0.25, 0.3) is 0 Å². The van der Waals surface area contributed by atoms with Crippen molar-refractivity contribution in [3.63, 3.8) is 0 Å². The fraction of sp³-hybridized carbons (Fsp3) is 0.556. The lowest BCUT2D eigenvalue weighted by Gasteiger charge is -2.19. The first-order valence-corrected chi connectivity index (χ1v) is 11.8. The van der Waals surface area contributed by atoms with Gasteiger partial charge in [0.15, 0.2) is 6.23 Å². The predicted molar refractivity (Wildman–Crippen MR) is 88.6 cm³/mol. The van der Waals surface area contributed by atoms with Gasteiger partial charge in [-0.25, -0.2) is 18.5 Å². The molecule has 1 aliphatic rings. The highest BCUT2D eigenvalue weighted by Crippen LogP contribution is 2.66. The van der Waals surface area contributed by atoms with Crippen LogP contribution < -0.4 is 11.4 Å². The third-order valence-corrected chi connectivity index (χ3v) is 7.08. The summed E-state index contributed by atoms with van der Waals surface area (Å²) >= 11 is 0. The van der Waals surface area contributed by atoms with Crippen LogP contribution in [0.3, 0.4) is 0 Å². The molecule has 1 aromatic heterocycles. The van der Waals surface area contributed by atoms with Crippen LogP contribution in [0.5, 0.6) is 0 Å². The van der Waals surface area contributed by atoms with Gasteiger partial charge >= 0.3 is 29.2 Å². The Bertz CT molecular complexity index is 946. The summed E-state index contributed by atoms with van der Waals surface area (Å²) in [5.41, 5.74) is 4.39. The monoisotopic (exact) mass is 495 g/mol. The second-order valence-electron chi connectivity index (χ2n) is 5.48. The average Bonchev–Trinajstić information content (AvgIpc) is 2.78. The topological polar surface area (TPSA) is 270 Å². The minimum atomic E-state index is -5.71. The number of phosphoric ester groups is 1. The molecule has 0 saturated carbocycles. The van der Waals surface area contributed by atoms with E-state index < -0.39 is 60.3 Å². The van der Waals surface area contributed by atoms with Gasteiger partial charge in [-0.3, -0.25) is 9.09 Å². The number of rotatable bonds is 8. The number of hydrogen-bond acceptors (Lipinski definition) is 12. The van der Waals surface area contributed by atoms with E-state index >= 15 is 0 Å². The lowest BCUT2D eigenvalue weighted by molar-refractivity contribution is -0.0541. The Kier molecular flexibility index (Phi) is 7.20. The zero-order chi connectivity index (χ0) is 22.2. The molecule has 0 bridgehead atoms. The van der Waals surface area contributed by atoms with Crippen molar-refractivity contribution in [1.29, 1.82) is 0 Å². The molecule has 1 aromatic rings. The number of nitrogen functional groups attached to an aromatic ring is 1. The summed E-state index contributed by atoms with van der Waals surface area (Å²) in [5.74, 6) is -0.122. The van der Waals surface area contributed by atoms with Gasteiger partial charge in [-0.15, -0.1) is 0 Å². The summed E-state index contributed by atoms with van der Waals surface area (Å²) in [5, 5.41) is 20.0. The highest BCUT2D eigenvalue weighted by atomic mass is 31.3. The van der Waals surface area contributed by atoms with E-state index in [2.05, 4.69) is 18.1 Å². The standard InChI is InChI=1S/C9H16N3O14P3/c10-5-1-2-12(9(15)11-5)8-7(14)6(13)4(24-8)3-23-28(19,20)26-29(21,22)25-27(16,17)18/h1-2,4,6-8,13-14H,3H2,(H,19,20)(H,21,22)(H2,10,11,15)(H2,16,17,18)/t4-,6-,7-,8-/m1/s1/i1+1,2+1,3+1,4+1,5+1,6+1,7+1,8+1,9+1,10+1,11+1,12+1. The molecule has 0 radical (unpaired) electrons. The van der Waals surface area contributed by atoms with Gasteiger partial charge in [0.25, 0.3) is 0 Å². The summed E-state index contributed by atoms with van der Waals surface area (Å²) in [7, 11) is -16.7. The van der Waals surface area contributed by atoms with Crippen LogP contribution in [0.15, 0.2) is 17.1 Å². The third kappa shape index (κ3) is 6.73. The lowest BCUT2D eigenvalue weighted by atomic mass is 11.1. The number of ether oxygens (including phenoxy) is 1. The Balaban J connectivity index is 2.05. The van der Waals surface area contributed by atoms with Crippen LogP contribution in [0.2, 0.25) is 0 Å². The summed E-state index contributed by atoms with van der Waals surface area (Å²) in [6, 6.07) is 1.20. The van der Waals surface area contributed by atoms with Crippen LogP contribution in [0, 0.1) is 0 Å². The summed E-state index contributed by atoms with van der Waals surface area (Å²) in [4.78, 5) is 50.5. The summed E-state index contributed by atoms with van der Waals surface area (Å²) < 4.78 is 50.8. The number of phosphoric acid groups is 3. The normalized spacial score (nSPS) is 29.3. The van der Waals surface area contributed by atoms with E-state index in [-0.39, 0.29) is 5.82 Å². The van der Waals surface area contributed by atoms with E-state index in [9.17, 15) is 33.6 Å². The number of nitrogens with two attached hydrogens (primary N) is 1. The molecule has 1 aliphatic heterocycles. The van der Waals surface area contributed by atoms with E-state index in [1.807, 2.05) is 0 Å². The van der Waals surface area contributed by atoms with Gasteiger partial charge in [0.1, 0.15) is 24.1 Å². The SMILES string of the molecule is [15NH2][13c]1[13cH][13cH][15n]([13C@@H]2O[13C@H]([13CH2]OP(=O)(O)OP(=O)(O)OP(=O)(O)O)[13C@@H](O)[13C@H]2O)[13c](=O)[15n]1. The molecule has 20 heteroatoms. The van der Waals surface area contributed by atoms with Crippen molar-refractivity contribution < 1.29 is 61.4 Å². The number of hydrogen-bond donors (Lipinski definition) is 7. The van der Waals surface area contributed by atoms with E-state index in [1.165, 1.54) is 6.07 Å². The van der Waals surface area contributed by atoms with Gasteiger partial charge in [0.2, 0.25) is 0 Å². The highest BCUT2D eigenvalue weighted by Gasteiger charge is 2.46. The molecule has 6 atom stereocenters. The Hall–Kier alpha value is -1.03. The minimum absolute atomic E-state index is 0.122. The van der Waals surface area contributed by atoms with Crippen LogP contribution in [0.1, 0.15) is 6.23 Å². The Labute approximate surface area is 160 Å². The van der Waals surface area contributed by atoms with Gasteiger partial charge in [-0.1, -0.05) is 0 Å². The first-order chi connectivity index (χ1) is 13.1. The van der Waals surface area contributed by atoms with Gasteiger partial charge < -0.3 is 40.3 Å². The van der Waals surface area contributed by atoms with Gasteiger partial charge in [-0.2, -0.15) is 13.6 Å². The molecular formula is C9H16N3O14P3. The fourth-order valence-electron chi connectivity index (χ4n) is 2.19. The molecule has 0 aliphatic carbocycles. The van der Waals surface area contributed by atoms with Gasteiger partial charge in [0.05, 0.1) is 6.61 Å². The zero-order valence-corrected chi connectivity index (χ0v) is 16.6. The maximum absolute atomic E-state index is 11.8. The van der Waals surface area contributed by atoms with Crippen molar-refractivity contribution >= 4 is 29.3 Å². The molecule has 1 fully saturated rings. The lowest BCUT2D eigenvalue weighted by Crippen LogP contribution is -2.36. The fourth-order valence-corrected chi connectivity index (χ4v) is 5.22. The summed E-state index contributed by atoms with van der Waals surface area (Å²) in [6.45, 7) is -1.02. The average molecular weight is 495 g/mol. The highest BCUT2D eigenvalue weighted by molar-refractivity contribution is 7.66. The molecule has 29 heavy (non-hydrogen) atoms. The number of aliphatic hydroxyl groups excluding tert-OH is 2. The molecule has 8 N–H and O–H groups in total. The molecule has 17 nitrogen and oxygen atoms in total. The summed E-state index contributed by atoms with van der Waals surface area (Å²) in [6.07, 6.45) is -5.38. The Morgan fingerprint density at radius 3 is 2.28 bits per heavy atom. The first kappa shape index (κ1) is 24.2. The maximum Gasteiger partial charge on any atom is 0.490 e. The third-order valence-electron chi connectivity index (χ3n) is 3.28. The Morgan fingerprint density at radius 1 is 1.10 bits per heavy atom. The largest absolute Gasteiger partial charge is 0.490 e. The van der Waals surface area contributed by atoms with Gasteiger partial charge in [-0.05, 0) is 6.07 Å². The number of aromatic nitrogens is 2. The van der Waals surface area contributed by atoms with E-state index in [1.54, 1.807) is 0 Å². The minimum Gasteiger partial charge on any atom is -0.387 e. The number of nitrogens with zero attached hydrogens (tertiary/aromatic N) is 2. The van der Waals surface area contributed by atoms with E-state index in [0.29, 0.717) is 0 Å². The molecule has 0 spiro atoms. The second kappa shape index (κ2) is 8.61. The van der Waals surface area contributed by atoms with Crippen molar-refractivity contribution in [2.75, 3.05) is 12.3 Å². The number of aliphatic hydroxyl groups is 2. The zero-order valence-electron chi connectivity index (χ0n) is 13.9. The van der Waals surface area contributed by atoms with Crippen LogP contribution in [-0.4, -0.2) is 64.3 Å². The van der Waals surface area contributed by atoms with E-state index in [0.717, 1.165) is 10.8 Å². The molecular weight excluding hydrogens is 479 g/mol.